The second-order valence-corrected chi connectivity index (χ2v) is 6.62. The first-order valence-corrected chi connectivity index (χ1v) is 9.16. The summed E-state index contributed by atoms with van der Waals surface area (Å²) in [6.07, 6.45) is 3.46. The number of nitrogen functional groups attached to an aromatic ring is 1. The lowest BCUT2D eigenvalue weighted by Gasteiger charge is -2.08. The predicted octanol–water partition coefficient (Wildman–Crippen LogP) is 3.52. The van der Waals surface area contributed by atoms with Gasteiger partial charge in [0.25, 0.3) is 5.91 Å². The van der Waals surface area contributed by atoms with Gasteiger partial charge in [-0.25, -0.2) is 14.4 Å². The number of rotatable bonds is 6. The van der Waals surface area contributed by atoms with E-state index in [9.17, 15) is 9.18 Å². The molecule has 0 atom stereocenters. The molecule has 0 saturated carbocycles. The number of imidazole rings is 1. The maximum atomic E-state index is 12.9. The standard InChI is InChI=1S/C21H20FN5O/c22-15-9-7-14(8-10-15)21(28)24-11-3-4-12-27-13-25-18-19(27)16-5-1-2-6-17(16)26-20(18)23/h1-2,5-10,13H,3-4,11-12H2,(H2,23,26)(H,24,28). The molecule has 0 aliphatic carbocycles. The molecule has 142 valence electrons. The van der Waals surface area contributed by atoms with E-state index in [0.29, 0.717) is 23.4 Å². The second-order valence-electron chi connectivity index (χ2n) is 6.62. The first-order valence-electron chi connectivity index (χ1n) is 9.16. The van der Waals surface area contributed by atoms with Crippen LogP contribution in [0.5, 0.6) is 0 Å². The topological polar surface area (TPSA) is 85.8 Å². The third-order valence-corrected chi connectivity index (χ3v) is 4.70. The van der Waals surface area contributed by atoms with E-state index in [2.05, 4.69) is 19.9 Å². The molecule has 0 fully saturated rings. The van der Waals surface area contributed by atoms with Gasteiger partial charge in [-0.1, -0.05) is 18.2 Å². The van der Waals surface area contributed by atoms with Gasteiger partial charge < -0.3 is 15.6 Å². The number of nitrogens with two attached hydrogens (primary N) is 1. The molecular weight excluding hydrogens is 357 g/mol. The third kappa shape index (κ3) is 3.51. The van der Waals surface area contributed by atoms with Crippen LogP contribution in [0.4, 0.5) is 10.2 Å². The predicted molar refractivity (Wildman–Crippen MR) is 107 cm³/mol. The van der Waals surface area contributed by atoms with Crippen molar-refractivity contribution < 1.29 is 9.18 Å². The summed E-state index contributed by atoms with van der Waals surface area (Å²) in [5.74, 6) is -0.121. The quantitative estimate of drug-likeness (QED) is 0.504. The number of pyridine rings is 1. The number of nitrogens with one attached hydrogen (secondary N) is 1. The van der Waals surface area contributed by atoms with Gasteiger partial charge in [0, 0.05) is 24.0 Å². The van der Waals surface area contributed by atoms with Crippen LogP contribution >= 0.6 is 0 Å². The monoisotopic (exact) mass is 377 g/mol. The number of carbonyl (C=O) groups excluding carboxylic acids is 1. The molecule has 2 heterocycles. The van der Waals surface area contributed by atoms with Gasteiger partial charge in [0.05, 0.1) is 17.4 Å². The molecule has 0 aliphatic rings. The van der Waals surface area contributed by atoms with E-state index in [1.807, 2.05) is 24.3 Å². The van der Waals surface area contributed by atoms with Crippen molar-refractivity contribution in [1.29, 1.82) is 0 Å². The molecule has 0 spiro atoms. The Hall–Kier alpha value is -3.48. The van der Waals surface area contributed by atoms with E-state index in [0.717, 1.165) is 35.8 Å². The van der Waals surface area contributed by atoms with Gasteiger partial charge in [0.15, 0.2) is 5.82 Å². The largest absolute Gasteiger partial charge is 0.382 e. The second kappa shape index (κ2) is 7.64. The Kier molecular flexibility index (Phi) is 4.89. The van der Waals surface area contributed by atoms with Crippen LogP contribution in [-0.4, -0.2) is 27.0 Å². The van der Waals surface area contributed by atoms with E-state index in [1.54, 1.807) is 6.33 Å². The van der Waals surface area contributed by atoms with Crippen molar-refractivity contribution in [2.45, 2.75) is 19.4 Å². The number of carbonyl (C=O) groups is 1. The van der Waals surface area contributed by atoms with Gasteiger partial charge in [0.2, 0.25) is 0 Å². The van der Waals surface area contributed by atoms with Crippen molar-refractivity contribution in [2.24, 2.45) is 0 Å². The zero-order valence-electron chi connectivity index (χ0n) is 15.2. The van der Waals surface area contributed by atoms with Crippen LogP contribution < -0.4 is 11.1 Å². The number of nitrogens with zero attached hydrogens (tertiary/aromatic N) is 3. The molecule has 28 heavy (non-hydrogen) atoms. The summed E-state index contributed by atoms with van der Waals surface area (Å²) in [6.45, 7) is 1.31. The van der Waals surface area contributed by atoms with Gasteiger partial charge in [-0.15, -0.1) is 0 Å². The minimum atomic E-state index is -0.354. The van der Waals surface area contributed by atoms with E-state index < -0.39 is 0 Å². The smallest absolute Gasteiger partial charge is 0.251 e. The van der Waals surface area contributed by atoms with Gasteiger partial charge >= 0.3 is 0 Å². The van der Waals surface area contributed by atoms with Crippen LogP contribution in [-0.2, 0) is 6.54 Å². The van der Waals surface area contributed by atoms with Crippen LogP contribution in [0.3, 0.4) is 0 Å². The molecule has 0 saturated heterocycles. The number of fused-ring (bicyclic) bond motifs is 3. The van der Waals surface area contributed by atoms with Crippen molar-refractivity contribution in [1.82, 2.24) is 19.9 Å². The number of halogens is 1. The molecule has 7 heteroatoms. The molecule has 0 radical (unpaired) electrons. The van der Waals surface area contributed by atoms with Crippen LogP contribution in [0.25, 0.3) is 21.9 Å². The van der Waals surface area contributed by atoms with E-state index in [-0.39, 0.29) is 11.7 Å². The summed E-state index contributed by atoms with van der Waals surface area (Å²) in [4.78, 5) is 20.9. The Bertz CT molecular complexity index is 1140. The number of hydrogen-bond acceptors (Lipinski definition) is 4. The number of amides is 1. The zero-order valence-corrected chi connectivity index (χ0v) is 15.2. The van der Waals surface area contributed by atoms with Crippen molar-refractivity contribution in [3.05, 3.63) is 66.2 Å². The number of para-hydroxylation sites is 1. The van der Waals surface area contributed by atoms with Crippen LogP contribution in [0.15, 0.2) is 54.9 Å². The summed E-state index contributed by atoms with van der Waals surface area (Å²) >= 11 is 0. The summed E-state index contributed by atoms with van der Waals surface area (Å²) in [7, 11) is 0. The molecule has 4 aromatic rings. The lowest BCUT2D eigenvalue weighted by atomic mass is 10.2. The molecule has 0 aliphatic heterocycles. The van der Waals surface area contributed by atoms with Crippen LogP contribution in [0, 0.1) is 5.82 Å². The van der Waals surface area contributed by atoms with Crippen LogP contribution in [0.1, 0.15) is 23.2 Å². The molecule has 0 unspecified atom stereocenters. The van der Waals surface area contributed by atoms with Gasteiger partial charge in [0.1, 0.15) is 11.3 Å². The van der Waals surface area contributed by atoms with Gasteiger partial charge in [-0.2, -0.15) is 0 Å². The average molecular weight is 377 g/mol. The van der Waals surface area contributed by atoms with Gasteiger partial charge in [-0.05, 0) is 43.2 Å². The van der Waals surface area contributed by atoms with Crippen molar-refractivity contribution in [2.75, 3.05) is 12.3 Å². The average Bonchev–Trinajstić information content (AvgIpc) is 3.13. The van der Waals surface area contributed by atoms with Crippen LogP contribution in [0.2, 0.25) is 0 Å². The molecule has 2 aromatic heterocycles. The van der Waals surface area contributed by atoms with E-state index in [4.69, 9.17) is 5.73 Å². The fourth-order valence-corrected chi connectivity index (χ4v) is 3.29. The number of benzene rings is 2. The Morgan fingerprint density at radius 2 is 1.89 bits per heavy atom. The highest BCUT2D eigenvalue weighted by Gasteiger charge is 2.12. The summed E-state index contributed by atoms with van der Waals surface area (Å²) in [5.41, 5.74) is 9.05. The van der Waals surface area contributed by atoms with E-state index >= 15 is 0 Å². The molecular formula is C21H20FN5O. The van der Waals surface area contributed by atoms with E-state index in [1.165, 1.54) is 24.3 Å². The number of anilines is 1. The molecule has 6 nitrogen and oxygen atoms in total. The number of hydrogen-bond donors (Lipinski definition) is 2. The number of aromatic nitrogens is 3. The summed E-state index contributed by atoms with van der Waals surface area (Å²) < 4.78 is 15.0. The summed E-state index contributed by atoms with van der Waals surface area (Å²) in [6, 6.07) is 13.4. The first kappa shape index (κ1) is 17.9. The number of unbranched alkanes of at least 4 members (excludes halogenated alkanes) is 1. The Morgan fingerprint density at radius 1 is 1.11 bits per heavy atom. The van der Waals surface area contributed by atoms with Crippen molar-refractivity contribution in [3.63, 3.8) is 0 Å². The minimum Gasteiger partial charge on any atom is -0.382 e. The Balaban J connectivity index is 1.38. The lowest BCUT2D eigenvalue weighted by molar-refractivity contribution is 0.0953. The fraction of sp³-hybridized carbons (Fsp3) is 0.190. The van der Waals surface area contributed by atoms with Crippen molar-refractivity contribution in [3.8, 4) is 0 Å². The summed E-state index contributed by atoms with van der Waals surface area (Å²) in [5, 5.41) is 3.88. The minimum absolute atomic E-state index is 0.196. The SMILES string of the molecule is Nc1nc2ccccc2c2c1ncn2CCCCNC(=O)c1ccc(F)cc1. The highest BCUT2D eigenvalue weighted by atomic mass is 19.1. The molecule has 4 rings (SSSR count). The van der Waals surface area contributed by atoms with Gasteiger partial charge in [-0.3, -0.25) is 4.79 Å². The van der Waals surface area contributed by atoms with Crippen molar-refractivity contribution >= 4 is 33.7 Å². The first-order chi connectivity index (χ1) is 13.6. The highest BCUT2D eigenvalue weighted by Crippen LogP contribution is 2.27. The molecule has 2 aromatic carbocycles. The maximum Gasteiger partial charge on any atom is 0.251 e. The highest BCUT2D eigenvalue weighted by molar-refractivity contribution is 6.06. The fourth-order valence-electron chi connectivity index (χ4n) is 3.29. The number of aryl methyl sites for hydroxylation is 1. The lowest BCUT2D eigenvalue weighted by Crippen LogP contribution is -2.24. The third-order valence-electron chi connectivity index (χ3n) is 4.70. The normalized spacial score (nSPS) is 11.2. The Labute approximate surface area is 161 Å². The molecule has 1 amide bonds. The Morgan fingerprint density at radius 3 is 2.71 bits per heavy atom. The maximum absolute atomic E-state index is 12.9. The zero-order chi connectivity index (χ0) is 19.5. The molecule has 0 bridgehead atoms. The molecule has 3 N–H and O–H groups in total.